The number of nitro groups is 1. The number of nitrogens with two attached hydrogens (primary N) is 1. The maximum Gasteiger partial charge on any atom is 0.269 e. The summed E-state index contributed by atoms with van der Waals surface area (Å²) in [4.78, 5) is 14.8. The lowest BCUT2D eigenvalue weighted by atomic mass is 9.99. The molecule has 2 rings (SSSR count). The van der Waals surface area contributed by atoms with Gasteiger partial charge in [-0.25, -0.2) is 0 Å². The van der Waals surface area contributed by atoms with E-state index >= 15 is 0 Å². The number of non-ortho nitro benzene ring substituents is 1. The highest BCUT2D eigenvalue weighted by molar-refractivity contribution is 5.33. The molecule has 1 aliphatic heterocycles. The predicted molar refractivity (Wildman–Crippen MR) is 78.5 cm³/mol. The Morgan fingerprint density at radius 2 is 1.80 bits per heavy atom. The Kier molecular flexibility index (Phi) is 4.37. The molecule has 1 unspecified atom stereocenters. The molecule has 1 heterocycles. The van der Waals surface area contributed by atoms with Gasteiger partial charge in [0.2, 0.25) is 0 Å². The SMILES string of the molecule is CN1CCN(C(C)(N)Cc2ccc([N+](=O)[O-])cc2)CC1. The van der Waals surface area contributed by atoms with E-state index in [1.54, 1.807) is 12.1 Å². The molecule has 0 radical (unpaired) electrons. The van der Waals surface area contributed by atoms with Crippen molar-refractivity contribution in [2.75, 3.05) is 33.2 Å². The van der Waals surface area contributed by atoms with Gasteiger partial charge in [0.1, 0.15) is 0 Å². The molecule has 0 saturated carbocycles. The van der Waals surface area contributed by atoms with Crippen molar-refractivity contribution in [2.24, 2.45) is 5.73 Å². The van der Waals surface area contributed by atoms with Crippen molar-refractivity contribution in [3.8, 4) is 0 Å². The van der Waals surface area contributed by atoms with Crippen LogP contribution in [0.15, 0.2) is 24.3 Å². The molecule has 1 aromatic rings. The Morgan fingerprint density at radius 3 is 2.30 bits per heavy atom. The van der Waals surface area contributed by atoms with Gasteiger partial charge < -0.3 is 10.6 Å². The van der Waals surface area contributed by atoms with Crippen LogP contribution in [0.5, 0.6) is 0 Å². The third-order valence-electron chi connectivity index (χ3n) is 3.93. The zero-order valence-electron chi connectivity index (χ0n) is 12.1. The number of likely N-dealkylation sites (N-methyl/N-ethyl adjacent to an activating group) is 1. The molecule has 1 aliphatic rings. The molecule has 0 aliphatic carbocycles. The molecule has 0 aromatic heterocycles. The Balaban J connectivity index is 2.02. The van der Waals surface area contributed by atoms with Gasteiger partial charge in [0, 0.05) is 44.7 Å². The van der Waals surface area contributed by atoms with E-state index in [0.717, 1.165) is 31.7 Å². The molecule has 0 bridgehead atoms. The summed E-state index contributed by atoms with van der Waals surface area (Å²) < 4.78 is 0. The van der Waals surface area contributed by atoms with E-state index in [9.17, 15) is 10.1 Å². The third kappa shape index (κ3) is 3.53. The van der Waals surface area contributed by atoms with Gasteiger partial charge >= 0.3 is 0 Å². The zero-order valence-corrected chi connectivity index (χ0v) is 12.1. The van der Waals surface area contributed by atoms with E-state index in [-0.39, 0.29) is 10.6 Å². The summed E-state index contributed by atoms with van der Waals surface area (Å²) >= 11 is 0. The highest BCUT2D eigenvalue weighted by Gasteiger charge is 2.29. The highest BCUT2D eigenvalue weighted by atomic mass is 16.6. The van der Waals surface area contributed by atoms with Gasteiger partial charge in [-0.05, 0) is 19.5 Å². The van der Waals surface area contributed by atoms with Crippen molar-refractivity contribution < 1.29 is 4.92 Å². The van der Waals surface area contributed by atoms with Crippen LogP contribution in [0, 0.1) is 10.1 Å². The van der Waals surface area contributed by atoms with Crippen LogP contribution < -0.4 is 5.73 Å². The summed E-state index contributed by atoms with van der Waals surface area (Å²) in [6.45, 7) is 5.98. The summed E-state index contributed by atoms with van der Waals surface area (Å²) in [5.41, 5.74) is 7.17. The Bertz CT molecular complexity index is 465. The fourth-order valence-corrected chi connectivity index (χ4v) is 2.58. The quantitative estimate of drug-likeness (QED) is 0.658. The van der Waals surface area contributed by atoms with Gasteiger partial charge in [-0.1, -0.05) is 12.1 Å². The fourth-order valence-electron chi connectivity index (χ4n) is 2.58. The number of rotatable bonds is 4. The monoisotopic (exact) mass is 278 g/mol. The van der Waals surface area contributed by atoms with Gasteiger partial charge in [0.25, 0.3) is 5.69 Å². The Hall–Kier alpha value is -1.50. The minimum absolute atomic E-state index is 0.118. The van der Waals surface area contributed by atoms with Crippen molar-refractivity contribution in [1.82, 2.24) is 9.80 Å². The van der Waals surface area contributed by atoms with Crippen molar-refractivity contribution in [3.05, 3.63) is 39.9 Å². The number of benzene rings is 1. The summed E-state index contributed by atoms with van der Waals surface area (Å²) in [5, 5.41) is 10.6. The standard InChI is InChI=1S/C14H22N4O2/c1-14(15,17-9-7-16(2)8-10-17)11-12-3-5-13(6-4-12)18(19)20/h3-6H,7-11,15H2,1-2H3. The van der Waals surface area contributed by atoms with E-state index in [1.807, 2.05) is 6.92 Å². The fraction of sp³-hybridized carbons (Fsp3) is 0.571. The second-order valence-electron chi connectivity index (χ2n) is 5.75. The first kappa shape index (κ1) is 14.9. The highest BCUT2D eigenvalue weighted by Crippen LogP contribution is 2.19. The van der Waals surface area contributed by atoms with Gasteiger partial charge in [-0.15, -0.1) is 0 Å². The first-order chi connectivity index (χ1) is 9.38. The lowest BCUT2D eigenvalue weighted by molar-refractivity contribution is -0.384. The number of nitrogens with zero attached hydrogens (tertiary/aromatic N) is 3. The molecule has 6 nitrogen and oxygen atoms in total. The van der Waals surface area contributed by atoms with Gasteiger partial charge in [-0.2, -0.15) is 0 Å². The minimum atomic E-state index is -0.419. The van der Waals surface area contributed by atoms with Crippen LogP contribution in [0.3, 0.4) is 0 Å². The van der Waals surface area contributed by atoms with Crippen molar-refractivity contribution in [3.63, 3.8) is 0 Å². The minimum Gasteiger partial charge on any atom is -0.313 e. The number of hydrogen-bond donors (Lipinski definition) is 1. The van der Waals surface area contributed by atoms with Crippen LogP contribution >= 0.6 is 0 Å². The molecule has 1 fully saturated rings. The van der Waals surface area contributed by atoms with E-state index in [1.165, 1.54) is 12.1 Å². The summed E-state index contributed by atoms with van der Waals surface area (Å²) in [6.07, 6.45) is 0.689. The third-order valence-corrected chi connectivity index (χ3v) is 3.93. The van der Waals surface area contributed by atoms with Crippen LogP contribution in [0.2, 0.25) is 0 Å². The van der Waals surface area contributed by atoms with E-state index < -0.39 is 5.66 Å². The number of piperazine rings is 1. The molecular weight excluding hydrogens is 256 g/mol. The average Bonchev–Trinajstić information content (AvgIpc) is 2.39. The Morgan fingerprint density at radius 1 is 1.25 bits per heavy atom. The lowest BCUT2D eigenvalue weighted by Gasteiger charge is -2.43. The van der Waals surface area contributed by atoms with Gasteiger partial charge in [-0.3, -0.25) is 15.0 Å². The van der Waals surface area contributed by atoms with E-state index in [0.29, 0.717) is 6.42 Å². The van der Waals surface area contributed by atoms with Crippen LogP contribution in [-0.2, 0) is 6.42 Å². The molecule has 1 aromatic carbocycles. The molecule has 1 saturated heterocycles. The smallest absolute Gasteiger partial charge is 0.269 e. The largest absolute Gasteiger partial charge is 0.313 e. The Labute approximate surface area is 119 Å². The molecule has 6 heteroatoms. The molecule has 2 N–H and O–H groups in total. The van der Waals surface area contributed by atoms with E-state index in [2.05, 4.69) is 16.8 Å². The second-order valence-corrected chi connectivity index (χ2v) is 5.75. The molecule has 110 valence electrons. The normalized spacial score (nSPS) is 20.6. The summed E-state index contributed by atoms with van der Waals surface area (Å²) in [7, 11) is 2.11. The first-order valence-corrected chi connectivity index (χ1v) is 6.84. The topological polar surface area (TPSA) is 75.6 Å². The average molecular weight is 278 g/mol. The number of nitro benzene ring substituents is 1. The van der Waals surface area contributed by atoms with Crippen LogP contribution in [0.1, 0.15) is 12.5 Å². The maximum atomic E-state index is 10.6. The maximum absolute atomic E-state index is 10.6. The van der Waals surface area contributed by atoms with E-state index in [4.69, 9.17) is 5.73 Å². The van der Waals surface area contributed by atoms with Crippen molar-refractivity contribution >= 4 is 5.69 Å². The van der Waals surface area contributed by atoms with Gasteiger partial charge in [0.15, 0.2) is 0 Å². The molecule has 0 spiro atoms. The molecule has 0 amide bonds. The predicted octanol–water partition coefficient (Wildman–Crippen LogP) is 1.06. The molecule has 1 atom stereocenters. The van der Waals surface area contributed by atoms with Gasteiger partial charge in [0.05, 0.1) is 10.6 Å². The zero-order chi connectivity index (χ0) is 14.8. The lowest BCUT2D eigenvalue weighted by Crippen LogP contribution is -2.60. The second kappa shape index (κ2) is 5.87. The molecule has 20 heavy (non-hydrogen) atoms. The summed E-state index contributed by atoms with van der Waals surface area (Å²) in [6, 6.07) is 6.66. The van der Waals surface area contributed by atoms with Crippen LogP contribution in [0.25, 0.3) is 0 Å². The van der Waals surface area contributed by atoms with Crippen molar-refractivity contribution in [2.45, 2.75) is 19.0 Å². The first-order valence-electron chi connectivity index (χ1n) is 6.84. The summed E-state index contributed by atoms with van der Waals surface area (Å²) in [5.74, 6) is 0. The molecular formula is C14H22N4O2. The number of hydrogen-bond acceptors (Lipinski definition) is 5. The van der Waals surface area contributed by atoms with Crippen molar-refractivity contribution in [1.29, 1.82) is 0 Å². The van der Waals surface area contributed by atoms with Crippen LogP contribution in [-0.4, -0.2) is 53.6 Å². The van der Waals surface area contributed by atoms with Crippen LogP contribution in [0.4, 0.5) is 5.69 Å².